The molecule has 0 unspecified atom stereocenters. The highest BCUT2D eigenvalue weighted by molar-refractivity contribution is 7.15. The van der Waals surface area contributed by atoms with Crippen LogP contribution in [0, 0.1) is 24.2 Å². The smallest absolute Gasteiger partial charge is 0.350 e. The molecule has 0 atom stereocenters. The number of hydrogen-bond donors (Lipinski definition) is 1. The Hall–Kier alpha value is -2.26. The van der Waals surface area contributed by atoms with Gasteiger partial charge in [0.1, 0.15) is 4.88 Å². The number of methoxy groups -OCH3 is 1. The molecular weight excluding hydrogens is 310 g/mol. The number of thiophene rings is 1. The summed E-state index contributed by atoms with van der Waals surface area (Å²) >= 11 is 1.33. The molecule has 0 aliphatic carbocycles. The number of imidazole rings is 1. The van der Waals surface area contributed by atoms with Crippen LogP contribution in [0.5, 0.6) is 0 Å². The van der Waals surface area contributed by atoms with Crippen LogP contribution in [-0.2, 0) is 4.74 Å². The Bertz CT molecular complexity index is 772. The van der Waals surface area contributed by atoms with E-state index in [-0.39, 0.29) is 11.4 Å². The molecule has 0 fully saturated rings. The third kappa shape index (κ3) is 4.14. The molecule has 0 aliphatic heterocycles. The molecule has 2 aromatic heterocycles. The van der Waals surface area contributed by atoms with Gasteiger partial charge in [-0.1, -0.05) is 11.8 Å². The molecule has 1 N–H and O–H groups in total. The minimum absolute atomic E-state index is 0.0976. The summed E-state index contributed by atoms with van der Waals surface area (Å²) in [5.74, 6) is 6.62. The lowest BCUT2D eigenvalue weighted by Gasteiger charge is -2.15. The van der Waals surface area contributed by atoms with Gasteiger partial charge in [-0.15, -0.1) is 11.3 Å². The molecule has 0 spiro atoms. The molecule has 5 nitrogen and oxygen atoms in total. The molecule has 2 aromatic rings. The Balaban J connectivity index is 2.46. The number of aromatic nitrogens is 2. The van der Waals surface area contributed by atoms with Crippen molar-refractivity contribution in [3.63, 3.8) is 0 Å². The molecule has 0 aromatic carbocycles. The molecule has 0 saturated carbocycles. The summed E-state index contributed by atoms with van der Waals surface area (Å²) in [6.45, 7) is 8.08. The van der Waals surface area contributed by atoms with E-state index in [2.05, 4.69) is 21.8 Å². The van der Waals surface area contributed by atoms with Crippen LogP contribution in [0.4, 0.5) is 11.6 Å². The van der Waals surface area contributed by atoms with E-state index in [9.17, 15) is 4.79 Å². The largest absolute Gasteiger partial charge is 0.465 e. The number of aryl methyl sites for hydroxylation is 1. The van der Waals surface area contributed by atoms with Crippen LogP contribution in [-0.4, -0.2) is 30.1 Å². The maximum absolute atomic E-state index is 12.1. The van der Waals surface area contributed by atoms with Crippen LogP contribution in [0.15, 0.2) is 12.3 Å². The van der Waals surface area contributed by atoms with Gasteiger partial charge in [0, 0.05) is 24.4 Å². The fourth-order valence-corrected chi connectivity index (χ4v) is 2.82. The van der Waals surface area contributed by atoms with Crippen LogP contribution in [0.1, 0.15) is 41.0 Å². The number of carbonyl (C=O) groups is 1. The molecule has 0 saturated heterocycles. The van der Waals surface area contributed by atoms with E-state index in [1.54, 1.807) is 6.20 Å². The first-order valence-corrected chi connectivity index (χ1v) is 8.03. The fourth-order valence-electron chi connectivity index (χ4n) is 1.86. The van der Waals surface area contributed by atoms with Gasteiger partial charge in [0.2, 0.25) is 5.95 Å². The lowest BCUT2D eigenvalue weighted by Crippen LogP contribution is -2.14. The van der Waals surface area contributed by atoms with E-state index < -0.39 is 0 Å². The van der Waals surface area contributed by atoms with Gasteiger partial charge < -0.3 is 14.6 Å². The summed E-state index contributed by atoms with van der Waals surface area (Å²) in [5, 5.41) is 0. The first-order chi connectivity index (χ1) is 10.7. The highest BCUT2D eigenvalue weighted by atomic mass is 32.1. The number of carbonyl (C=O) groups excluding carboxylic acids is 1. The van der Waals surface area contributed by atoms with Gasteiger partial charge in [0.25, 0.3) is 0 Å². The van der Waals surface area contributed by atoms with Gasteiger partial charge in [0.05, 0.1) is 17.7 Å². The molecule has 23 heavy (non-hydrogen) atoms. The Morgan fingerprint density at radius 1 is 1.43 bits per heavy atom. The quantitative estimate of drug-likeness (QED) is 0.688. The Morgan fingerprint density at radius 3 is 2.65 bits per heavy atom. The number of anilines is 2. The third-order valence-electron chi connectivity index (χ3n) is 3.01. The predicted molar refractivity (Wildman–Crippen MR) is 93.4 cm³/mol. The number of aromatic amines is 1. The second-order valence-corrected chi connectivity index (χ2v) is 7.32. The number of H-pyrrole nitrogens is 1. The average molecular weight is 331 g/mol. The molecule has 2 rings (SSSR count). The topological polar surface area (TPSA) is 58.2 Å². The van der Waals surface area contributed by atoms with Gasteiger partial charge >= 0.3 is 5.97 Å². The molecule has 0 radical (unpaired) electrons. The average Bonchev–Trinajstić information content (AvgIpc) is 3.09. The zero-order valence-corrected chi connectivity index (χ0v) is 15.1. The molecule has 0 bridgehead atoms. The van der Waals surface area contributed by atoms with Crippen molar-refractivity contribution < 1.29 is 9.53 Å². The number of rotatable bonds is 3. The summed E-state index contributed by atoms with van der Waals surface area (Å²) in [6.07, 6.45) is 1.75. The predicted octanol–water partition coefficient (Wildman–Crippen LogP) is 3.73. The molecule has 122 valence electrons. The highest BCUT2D eigenvalue weighted by Gasteiger charge is 2.21. The summed E-state index contributed by atoms with van der Waals surface area (Å²) < 4.78 is 4.89. The first kappa shape index (κ1) is 17.1. The normalized spacial score (nSPS) is 10.9. The van der Waals surface area contributed by atoms with Crippen molar-refractivity contribution in [3.05, 3.63) is 27.7 Å². The van der Waals surface area contributed by atoms with E-state index in [1.165, 1.54) is 18.4 Å². The van der Waals surface area contributed by atoms with Gasteiger partial charge in [-0.3, -0.25) is 0 Å². The number of nitrogens with one attached hydrogen (secondary N) is 1. The number of nitrogens with zero attached hydrogens (tertiary/aromatic N) is 2. The highest BCUT2D eigenvalue weighted by Crippen LogP contribution is 2.33. The fraction of sp³-hybridized carbons (Fsp3) is 0.412. The first-order valence-electron chi connectivity index (χ1n) is 7.22. The van der Waals surface area contributed by atoms with E-state index in [4.69, 9.17) is 4.74 Å². The van der Waals surface area contributed by atoms with Crippen molar-refractivity contribution in [1.29, 1.82) is 0 Å². The Labute approximate surface area is 140 Å². The van der Waals surface area contributed by atoms with Crippen molar-refractivity contribution in [2.24, 2.45) is 5.41 Å². The van der Waals surface area contributed by atoms with Crippen LogP contribution in [0.25, 0.3) is 0 Å². The van der Waals surface area contributed by atoms with Gasteiger partial charge in [-0.25, -0.2) is 9.78 Å². The van der Waals surface area contributed by atoms with Crippen molar-refractivity contribution in [2.75, 3.05) is 19.1 Å². The Morgan fingerprint density at radius 2 is 2.13 bits per heavy atom. The van der Waals surface area contributed by atoms with Crippen LogP contribution < -0.4 is 4.90 Å². The van der Waals surface area contributed by atoms with E-state index in [0.29, 0.717) is 10.8 Å². The number of esters is 1. The lowest BCUT2D eigenvalue weighted by atomic mass is 9.98. The minimum Gasteiger partial charge on any atom is -0.465 e. The summed E-state index contributed by atoms with van der Waals surface area (Å²) in [5.41, 5.74) is 1.59. The van der Waals surface area contributed by atoms with E-state index >= 15 is 0 Å². The van der Waals surface area contributed by atoms with Gasteiger partial charge in [0.15, 0.2) is 0 Å². The zero-order valence-electron chi connectivity index (χ0n) is 14.3. The minimum atomic E-state index is -0.371. The number of hydrogen-bond acceptors (Lipinski definition) is 5. The molecule has 0 amide bonds. The lowest BCUT2D eigenvalue weighted by molar-refractivity contribution is 0.0607. The zero-order chi connectivity index (χ0) is 17.2. The van der Waals surface area contributed by atoms with Crippen molar-refractivity contribution >= 4 is 28.9 Å². The van der Waals surface area contributed by atoms with E-state index in [1.807, 2.05) is 45.7 Å². The molecule has 6 heteroatoms. The standard InChI is InChI=1S/C17H21N3O2S/c1-11-10-18-16(19-11)20(5)13-9-12(7-8-17(2,3)4)23-14(13)15(21)22-6/h9-10H,1-6H3,(H,18,19). The molecule has 0 aliphatic rings. The van der Waals surface area contributed by atoms with Crippen LogP contribution >= 0.6 is 11.3 Å². The summed E-state index contributed by atoms with van der Waals surface area (Å²) in [7, 11) is 3.23. The van der Waals surface area contributed by atoms with Crippen molar-refractivity contribution in [3.8, 4) is 11.8 Å². The van der Waals surface area contributed by atoms with Gasteiger partial charge in [-0.2, -0.15) is 0 Å². The van der Waals surface area contributed by atoms with Crippen molar-refractivity contribution in [1.82, 2.24) is 9.97 Å². The SMILES string of the molecule is COC(=O)c1sc(C#CC(C)(C)C)cc1N(C)c1ncc(C)[nH]1. The van der Waals surface area contributed by atoms with Crippen molar-refractivity contribution in [2.45, 2.75) is 27.7 Å². The van der Waals surface area contributed by atoms with Gasteiger partial charge in [-0.05, 0) is 33.8 Å². The van der Waals surface area contributed by atoms with E-state index in [0.717, 1.165) is 16.3 Å². The Kier molecular flexibility index (Phi) is 4.81. The third-order valence-corrected chi connectivity index (χ3v) is 4.03. The molecule has 2 heterocycles. The van der Waals surface area contributed by atoms with Crippen LogP contribution in [0.3, 0.4) is 0 Å². The summed E-state index contributed by atoms with van der Waals surface area (Å²) in [4.78, 5) is 22.7. The second kappa shape index (κ2) is 6.47. The summed E-state index contributed by atoms with van der Waals surface area (Å²) in [6, 6.07) is 1.90. The number of ether oxygens (including phenoxy) is 1. The maximum atomic E-state index is 12.1. The maximum Gasteiger partial charge on any atom is 0.350 e. The second-order valence-electron chi connectivity index (χ2n) is 6.27. The van der Waals surface area contributed by atoms with Crippen LogP contribution in [0.2, 0.25) is 0 Å². The monoisotopic (exact) mass is 331 g/mol. The molecular formula is C17H21N3O2S.